The van der Waals surface area contributed by atoms with Crippen molar-refractivity contribution >= 4 is 11.6 Å². The van der Waals surface area contributed by atoms with Gasteiger partial charge in [-0.25, -0.2) is 0 Å². The topological polar surface area (TPSA) is 70.4 Å². The van der Waals surface area contributed by atoms with Crippen molar-refractivity contribution in [3.8, 4) is 0 Å². The van der Waals surface area contributed by atoms with Crippen LogP contribution in [0.25, 0.3) is 0 Å². The van der Waals surface area contributed by atoms with Gasteiger partial charge in [0.25, 0.3) is 0 Å². The first-order valence-electron chi connectivity index (χ1n) is 8.85. The molecule has 2 heterocycles. The number of aryl methyl sites for hydroxylation is 1. The second kappa shape index (κ2) is 7.80. The number of carbonyl (C=O) groups excluding carboxylic acids is 1. The maximum atomic E-state index is 12.8. The number of para-hydroxylation sites is 1. The number of nitrogens with zero attached hydrogens (tertiary/aromatic N) is 3. The SMILES string of the molecule is Cc1nn(CCO)c(C)c1CNC1CCCN(c2ccccc2)C1=O. The van der Waals surface area contributed by atoms with Gasteiger partial charge in [-0.05, 0) is 38.8 Å². The van der Waals surface area contributed by atoms with Gasteiger partial charge >= 0.3 is 0 Å². The van der Waals surface area contributed by atoms with Crippen molar-refractivity contribution in [1.82, 2.24) is 15.1 Å². The number of hydrogen-bond donors (Lipinski definition) is 2. The summed E-state index contributed by atoms with van der Waals surface area (Å²) in [4.78, 5) is 14.7. The molecule has 1 aromatic carbocycles. The van der Waals surface area contributed by atoms with Crippen LogP contribution in [0.1, 0.15) is 29.8 Å². The second-order valence-corrected chi connectivity index (χ2v) is 6.50. The van der Waals surface area contributed by atoms with E-state index in [9.17, 15) is 4.79 Å². The average molecular weight is 342 g/mol. The fourth-order valence-corrected chi connectivity index (χ4v) is 3.46. The molecule has 6 nitrogen and oxygen atoms in total. The molecule has 0 aliphatic carbocycles. The zero-order valence-corrected chi connectivity index (χ0v) is 14.9. The van der Waals surface area contributed by atoms with Crippen molar-refractivity contribution in [2.24, 2.45) is 0 Å². The number of carbonyl (C=O) groups is 1. The van der Waals surface area contributed by atoms with Crippen LogP contribution in [0.15, 0.2) is 30.3 Å². The predicted molar refractivity (Wildman–Crippen MR) is 97.4 cm³/mol. The summed E-state index contributed by atoms with van der Waals surface area (Å²) < 4.78 is 1.82. The fourth-order valence-electron chi connectivity index (χ4n) is 3.46. The Kier molecular flexibility index (Phi) is 5.50. The van der Waals surface area contributed by atoms with Crippen LogP contribution in [0.4, 0.5) is 5.69 Å². The normalized spacial score (nSPS) is 18.0. The van der Waals surface area contributed by atoms with Crippen molar-refractivity contribution in [1.29, 1.82) is 0 Å². The molecule has 134 valence electrons. The minimum absolute atomic E-state index is 0.0714. The summed E-state index contributed by atoms with van der Waals surface area (Å²) in [5.74, 6) is 0.135. The highest BCUT2D eigenvalue weighted by Gasteiger charge is 2.29. The summed E-state index contributed by atoms with van der Waals surface area (Å²) in [6.07, 6.45) is 1.84. The predicted octanol–water partition coefficient (Wildman–Crippen LogP) is 1.78. The van der Waals surface area contributed by atoms with Gasteiger partial charge in [0.15, 0.2) is 0 Å². The summed E-state index contributed by atoms with van der Waals surface area (Å²) in [6, 6.07) is 9.67. The standard InChI is InChI=1S/C19H26N4O2/c1-14-17(15(2)23(21-14)11-12-24)13-20-18-9-6-10-22(19(18)25)16-7-4-3-5-8-16/h3-5,7-8,18,20,24H,6,9-13H2,1-2H3. The molecule has 0 spiro atoms. The summed E-state index contributed by atoms with van der Waals surface area (Å²) in [7, 11) is 0. The van der Waals surface area contributed by atoms with Crippen LogP contribution in [-0.4, -0.2) is 40.0 Å². The van der Waals surface area contributed by atoms with E-state index in [0.29, 0.717) is 13.1 Å². The molecule has 1 amide bonds. The van der Waals surface area contributed by atoms with E-state index in [1.54, 1.807) is 0 Å². The summed E-state index contributed by atoms with van der Waals surface area (Å²) in [5, 5.41) is 17.0. The molecule has 0 saturated carbocycles. The van der Waals surface area contributed by atoms with E-state index in [-0.39, 0.29) is 18.6 Å². The number of piperidine rings is 1. The Hall–Kier alpha value is -2.18. The second-order valence-electron chi connectivity index (χ2n) is 6.50. The van der Waals surface area contributed by atoms with E-state index in [2.05, 4.69) is 10.4 Å². The highest BCUT2D eigenvalue weighted by Crippen LogP contribution is 2.21. The number of anilines is 1. The largest absolute Gasteiger partial charge is 0.394 e. The smallest absolute Gasteiger partial charge is 0.244 e. The average Bonchev–Trinajstić information content (AvgIpc) is 2.89. The molecule has 1 aromatic heterocycles. The Labute approximate surface area is 148 Å². The minimum Gasteiger partial charge on any atom is -0.394 e. The number of nitrogens with one attached hydrogen (secondary N) is 1. The maximum absolute atomic E-state index is 12.8. The number of aliphatic hydroxyl groups excluding tert-OH is 1. The van der Waals surface area contributed by atoms with Gasteiger partial charge in [-0.2, -0.15) is 5.10 Å². The van der Waals surface area contributed by atoms with Crippen LogP contribution in [0.2, 0.25) is 0 Å². The van der Waals surface area contributed by atoms with Gasteiger partial charge in [-0.3, -0.25) is 9.48 Å². The van der Waals surface area contributed by atoms with Gasteiger partial charge in [-0.15, -0.1) is 0 Å². The lowest BCUT2D eigenvalue weighted by Gasteiger charge is -2.32. The van der Waals surface area contributed by atoms with Crippen LogP contribution >= 0.6 is 0 Å². The number of hydrogen-bond acceptors (Lipinski definition) is 4. The minimum atomic E-state index is -0.172. The molecule has 2 N–H and O–H groups in total. The number of rotatable bonds is 6. The monoisotopic (exact) mass is 342 g/mol. The van der Waals surface area contributed by atoms with Crippen molar-refractivity contribution in [3.63, 3.8) is 0 Å². The van der Waals surface area contributed by atoms with E-state index in [0.717, 1.165) is 42.0 Å². The van der Waals surface area contributed by atoms with Gasteiger partial charge in [0.1, 0.15) is 0 Å². The Balaban J connectivity index is 1.68. The third-order valence-electron chi connectivity index (χ3n) is 4.87. The molecule has 0 radical (unpaired) electrons. The van der Waals surface area contributed by atoms with Gasteiger partial charge < -0.3 is 15.3 Å². The first-order valence-corrected chi connectivity index (χ1v) is 8.85. The van der Waals surface area contributed by atoms with Crippen LogP contribution in [-0.2, 0) is 17.9 Å². The quantitative estimate of drug-likeness (QED) is 0.839. The lowest BCUT2D eigenvalue weighted by atomic mass is 10.0. The molecule has 1 unspecified atom stereocenters. The molecule has 25 heavy (non-hydrogen) atoms. The zero-order chi connectivity index (χ0) is 17.8. The van der Waals surface area contributed by atoms with E-state index in [1.165, 1.54) is 0 Å². The maximum Gasteiger partial charge on any atom is 0.244 e. The van der Waals surface area contributed by atoms with Gasteiger partial charge in [0.05, 0.1) is 24.9 Å². The molecule has 1 aliphatic rings. The van der Waals surface area contributed by atoms with Crippen molar-refractivity contribution in [2.75, 3.05) is 18.1 Å². The van der Waals surface area contributed by atoms with E-state index >= 15 is 0 Å². The molecule has 3 rings (SSSR count). The Morgan fingerprint density at radius 1 is 1.28 bits per heavy atom. The van der Waals surface area contributed by atoms with Crippen LogP contribution in [0.3, 0.4) is 0 Å². The highest BCUT2D eigenvalue weighted by atomic mass is 16.3. The third-order valence-corrected chi connectivity index (χ3v) is 4.87. The molecule has 1 saturated heterocycles. The third kappa shape index (κ3) is 3.75. The molecule has 1 fully saturated rings. The van der Waals surface area contributed by atoms with Crippen molar-refractivity contribution < 1.29 is 9.90 Å². The molecule has 6 heteroatoms. The Morgan fingerprint density at radius 2 is 2.04 bits per heavy atom. The summed E-state index contributed by atoms with van der Waals surface area (Å²) in [6.45, 7) is 5.93. The Morgan fingerprint density at radius 3 is 2.76 bits per heavy atom. The van der Waals surface area contributed by atoms with Crippen molar-refractivity contribution in [2.45, 2.75) is 45.8 Å². The summed E-state index contributed by atoms with van der Waals surface area (Å²) in [5.41, 5.74) is 4.06. The fraction of sp³-hybridized carbons (Fsp3) is 0.474. The van der Waals surface area contributed by atoms with Crippen LogP contribution in [0.5, 0.6) is 0 Å². The highest BCUT2D eigenvalue weighted by molar-refractivity contribution is 5.97. The van der Waals surface area contributed by atoms with Crippen LogP contribution < -0.4 is 10.2 Å². The molecule has 0 bridgehead atoms. The lowest BCUT2D eigenvalue weighted by molar-refractivity contribution is -0.121. The van der Waals surface area contributed by atoms with E-state index in [1.807, 2.05) is 53.8 Å². The molecule has 1 atom stereocenters. The van der Waals surface area contributed by atoms with Gasteiger partial charge in [0.2, 0.25) is 5.91 Å². The van der Waals surface area contributed by atoms with Gasteiger partial charge in [0, 0.05) is 30.0 Å². The van der Waals surface area contributed by atoms with Gasteiger partial charge in [-0.1, -0.05) is 18.2 Å². The number of benzene rings is 1. The van der Waals surface area contributed by atoms with E-state index in [4.69, 9.17) is 5.11 Å². The lowest BCUT2D eigenvalue weighted by Crippen LogP contribution is -2.50. The summed E-state index contributed by atoms with van der Waals surface area (Å²) >= 11 is 0. The molecule has 2 aromatic rings. The number of aliphatic hydroxyl groups is 1. The number of aromatic nitrogens is 2. The first-order chi connectivity index (χ1) is 12.1. The Bertz CT molecular complexity index is 727. The molecular weight excluding hydrogens is 316 g/mol. The molecule has 1 aliphatic heterocycles. The zero-order valence-electron chi connectivity index (χ0n) is 14.9. The van der Waals surface area contributed by atoms with E-state index < -0.39 is 0 Å². The number of amides is 1. The van der Waals surface area contributed by atoms with Crippen LogP contribution in [0, 0.1) is 13.8 Å². The van der Waals surface area contributed by atoms with Crippen molar-refractivity contribution in [3.05, 3.63) is 47.3 Å². The molecular formula is C19H26N4O2. The first kappa shape index (κ1) is 17.6.